The summed E-state index contributed by atoms with van der Waals surface area (Å²) in [5, 5.41) is 19.7. The van der Waals surface area contributed by atoms with Crippen LogP contribution in [-0.4, -0.2) is 50.1 Å². The molecule has 2 N–H and O–H groups in total. The second kappa shape index (κ2) is 10.7. The van der Waals surface area contributed by atoms with Gasteiger partial charge in [-0.2, -0.15) is 5.10 Å². The molecule has 0 aromatic carbocycles. The Morgan fingerprint density at radius 1 is 1.19 bits per heavy atom. The molecule has 3 heterocycles. The summed E-state index contributed by atoms with van der Waals surface area (Å²) in [4.78, 5) is 4.65. The number of hydrogen-bond acceptors (Lipinski definition) is 4. The zero-order valence-corrected chi connectivity index (χ0v) is 16.4. The molecule has 2 aromatic heterocycles. The number of hydrogen-bond donors (Lipinski definition) is 2. The van der Waals surface area contributed by atoms with E-state index in [4.69, 9.17) is 0 Å². The minimum absolute atomic E-state index is 0.785. The van der Waals surface area contributed by atoms with Gasteiger partial charge in [0.1, 0.15) is 11.6 Å². The number of aliphatic imine (C=N–C) groups is 1. The van der Waals surface area contributed by atoms with E-state index in [1.807, 2.05) is 23.1 Å². The first-order chi connectivity index (χ1) is 13.4. The molecule has 8 nitrogen and oxygen atoms in total. The van der Waals surface area contributed by atoms with E-state index in [0.29, 0.717) is 0 Å². The summed E-state index contributed by atoms with van der Waals surface area (Å²) in [7, 11) is 0. The molecule has 0 bridgehead atoms. The second-order valence-electron chi connectivity index (χ2n) is 6.91. The van der Waals surface area contributed by atoms with Crippen molar-refractivity contribution in [2.45, 2.75) is 65.0 Å². The van der Waals surface area contributed by atoms with Gasteiger partial charge in [0.25, 0.3) is 0 Å². The Kier molecular flexibility index (Phi) is 7.68. The number of aryl methyl sites for hydroxylation is 3. The smallest absolute Gasteiger partial charge is 0.191 e. The lowest BCUT2D eigenvalue weighted by Crippen LogP contribution is -2.38. The van der Waals surface area contributed by atoms with Gasteiger partial charge in [0.05, 0.1) is 0 Å². The molecule has 1 aliphatic heterocycles. The molecule has 0 unspecified atom stereocenters. The van der Waals surface area contributed by atoms with Crippen LogP contribution in [-0.2, 0) is 25.9 Å². The number of rotatable bonds is 9. The van der Waals surface area contributed by atoms with Gasteiger partial charge in [0.15, 0.2) is 5.96 Å². The van der Waals surface area contributed by atoms with Crippen LogP contribution in [0.15, 0.2) is 23.5 Å². The van der Waals surface area contributed by atoms with E-state index in [-0.39, 0.29) is 0 Å². The van der Waals surface area contributed by atoms with Gasteiger partial charge >= 0.3 is 0 Å². The third-order valence-corrected chi connectivity index (χ3v) is 4.77. The molecule has 0 aliphatic carbocycles. The van der Waals surface area contributed by atoms with E-state index in [1.165, 1.54) is 25.1 Å². The molecular formula is C19H32N8. The normalized spacial score (nSPS) is 14.6. The van der Waals surface area contributed by atoms with Gasteiger partial charge in [-0.05, 0) is 38.7 Å². The van der Waals surface area contributed by atoms with E-state index in [9.17, 15) is 0 Å². The Morgan fingerprint density at radius 3 is 3.00 bits per heavy atom. The summed E-state index contributed by atoms with van der Waals surface area (Å²) in [5.41, 5.74) is 0. The minimum Gasteiger partial charge on any atom is -0.357 e. The summed E-state index contributed by atoms with van der Waals surface area (Å²) < 4.78 is 4.28. The summed E-state index contributed by atoms with van der Waals surface area (Å²) in [6.45, 7) is 6.59. The first kappa shape index (κ1) is 19.4. The fourth-order valence-corrected chi connectivity index (χ4v) is 3.38. The average Bonchev–Trinajstić information content (AvgIpc) is 3.27. The molecule has 1 aliphatic rings. The van der Waals surface area contributed by atoms with Gasteiger partial charge < -0.3 is 15.2 Å². The fourth-order valence-electron chi connectivity index (χ4n) is 3.38. The van der Waals surface area contributed by atoms with Crippen LogP contribution < -0.4 is 10.6 Å². The lowest BCUT2D eigenvalue weighted by atomic mass is 10.2. The van der Waals surface area contributed by atoms with E-state index in [2.05, 4.69) is 42.4 Å². The molecular weight excluding hydrogens is 340 g/mol. The molecule has 27 heavy (non-hydrogen) atoms. The van der Waals surface area contributed by atoms with Crippen molar-refractivity contribution >= 4 is 5.96 Å². The number of guanidine groups is 1. The van der Waals surface area contributed by atoms with E-state index in [0.717, 1.165) is 70.2 Å². The zero-order valence-electron chi connectivity index (χ0n) is 16.4. The second-order valence-corrected chi connectivity index (χ2v) is 6.91. The van der Waals surface area contributed by atoms with Crippen LogP contribution in [0.4, 0.5) is 0 Å². The van der Waals surface area contributed by atoms with Crippen LogP contribution in [0.5, 0.6) is 0 Å². The lowest BCUT2D eigenvalue weighted by Gasteiger charge is -2.11. The van der Waals surface area contributed by atoms with Crippen molar-refractivity contribution in [1.29, 1.82) is 0 Å². The molecule has 0 radical (unpaired) electrons. The largest absolute Gasteiger partial charge is 0.357 e. The third kappa shape index (κ3) is 6.08. The van der Waals surface area contributed by atoms with Crippen molar-refractivity contribution in [3.63, 3.8) is 0 Å². The van der Waals surface area contributed by atoms with Crippen molar-refractivity contribution in [3.05, 3.63) is 30.1 Å². The van der Waals surface area contributed by atoms with Crippen molar-refractivity contribution in [2.75, 3.05) is 19.6 Å². The van der Waals surface area contributed by atoms with Gasteiger partial charge in [-0.25, -0.2) is 0 Å². The molecule has 0 saturated heterocycles. The maximum absolute atomic E-state index is 4.65. The number of nitrogens with zero attached hydrogens (tertiary/aromatic N) is 6. The first-order valence-corrected chi connectivity index (χ1v) is 10.3. The van der Waals surface area contributed by atoms with Gasteiger partial charge in [0, 0.05) is 58.0 Å². The first-order valence-electron chi connectivity index (χ1n) is 10.3. The summed E-state index contributed by atoms with van der Waals surface area (Å²) in [6.07, 6.45) is 11.6. The number of fused-ring (bicyclic) bond motifs is 1. The Morgan fingerprint density at radius 2 is 2.15 bits per heavy atom. The van der Waals surface area contributed by atoms with E-state index < -0.39 is 0 Å². The van der Waals surface area contributed by atoms with E-state index in [1.54, 1.807) is 0 Å². The lowest BCUT2D eigenvalue weighted by molar-refractivity contribution is 0.582. The van der Waals surface area contributed by atoms with Crippen molar-refractivity contribution in [3.8, 4) is 0 Å². The maximum atomic E-state index is 4.65. The number of aromatic nitrogens is 5. The fraction of sp³-hybridized carbons (Fsp3) is 0.684. The molecule has 8 heteroatoms. The predicted molar refractivity (Wildman–Crippen MR) is 107 cm³/mol. The van der Waals surface area contributed by atoms with Crippen LogP contribution in [0, 0.1) is 0 Å². The minimum atomic E-state index is 0.785. The summed E-state index contributed by atoms with van der Waals surface area (Å²) in [5.74, 6) is 3.19. The highest BCUT2D eigenvalue weighted by Crippen LogP contribution is 2.15. The Hall–Kier alpha value is -2.38. The third-order valence-electron chi connectivity index (χ3n) is 4.77. The highest BCUT2D eigenvalue weighted by atomic mass is 15.3. The molecule has 2 aromatic rings. The van der Waals surface area contributed by atoms with Crippen LogP contribution in [0.2, 0.25) is 0 Å². The Bertz CT molecular complexity index is 689. The van der Waals surface area contributed by atoms with E-state index >= 15 is 0 Å². The topological polar surface area (TPSA) is 84.9 Å². The molecule has 3 rings (SSSR count). The summed E-state index contributed by atoms with van der Waals surface area (Å²) in [6, 6.07) is 1.95. The van der Waals surface area contributed by atoms with Crippen molar-refractivity contribution in [2.24, 2.45) is 4.99 Å². The number of nitrogens with one attached hydrogen (secondary N) is 2. The van der Waals surface area contributed by atoms with Gasteiger partial charge in [0.2, 0.25) is 0 Å². The van der Waals surface area contributed by atoms with Gasteiger partial charge in [-0.3, -0.25) is 9.67 Å². The Balaban J connectivity index is 1.39. The molecule has 148 valence electrons. The monoisotopic (exact) mass is 372 g/mol. The Labute approximate surface area is 161 Å². The van der Waals surface area contributed by atoms with Gasteiger partial charge in [-0.15, -0.1) is 10.2 Å². The molecule has 0 spiro atoms. The molecule has 0 saturated carbocycles. The van der Waals surface area contributed by atoms with Crippen LogP contribution in [0.25, 0.3) is 0 Å². The highest BCUT2D eigenvalue weighted by Gasteiger charge is 2.14. The maximum Gasteiger partial charge on any atom is 0.191 e. The molecule has 0 atom stereocenters. The molecule has 0 fully saturated rings. The van der Waals surface area contributed by atoms with Crippen LogP contribution >= 0.6 is 0 Å². The predicted octanol–water partition coefficient (Wildman–Crippen LogP) is 1.78. The summed E-state index contributed by atoms with van der Waals surface area (Å²) >= 11 is 0. The quantitative estimate of drug-likeness (QED) is 0.398. The van der Waals surface area contributed by atoms with Crippen molar-refractivity contribution in [1.82, 2.24) is 35.2 Å². The molecule has 0 amide bonds. The highest BCUT2D eigenvalue weighted by molar-refractivity contribution is 5.79. The van der Waals surface area contributed by atoms with Gasteiger partial charge in [-0.1, -0.05) is 6.42 Å². The van der Waals surface area contributed by atoms with Crippen LogP contribution in [0.3, 0.4) is 0 Å². The zero-order chi connectivity index (χ0) is 18.7. The van der Waals surface area contributed by atoms with Crippen molar-refractivity contribution < 1.29 is 0 Å². The van der Waals surface area contributed by atoms with Crippen LogP contribution in [0.1, 0.15) is 50.7 Å². The SMILES string of the molecule is CCNC(=NCCCn1cccn1)NCCCc1nnc2n1CCCCC2. The standard InChI is InChI=1S/C19H32N8/c1-2-20-19(22-12-7-14-26-15-8-13-23-26)21-11-6-10-18-25-24-17-9-4-3-5-16-27(17)18/h8,13,15H,2-7,9-12,14,16H2,1H3,(H2,20,21,22). The average molecular weight is 373 g/mol.